The van der Waals surface area contributed by atoms with Gasteiger partial charge >= 0.3 is 0 Å². The van der Waals surface area contributed by atoms with Crippen LogP contribution in [0, 0.1) is 0 Å². The average Bonchev–Trinajstić information content (AvgIpc) is 3.07. The summed E-state index contributed by atoms with van der Waals surface area (Å²) >= 11 is 0. The second-order valence-corrected chi connectivity index (χ2v) is 11.8. The summed E-state index contributed by atoms with van der Waals surface area (Å²) < 4.78 is 0. The molecule has 0 amide bonds. The van der Waals surface area contributed by atoms with Gasteiger partial charge in [0, 0.05) is 48.0 Å². The minimum atomic E-state index is 0.0998. The third-order valence-electron chi connectivity index (χ3n) is 9.59. The summed E-state index contributed by atoms with van der Waals surface area (Å²) in [7, 11) is 4.49. The van der Waals surface area contributed by atoms with Crippen molar-refractivity contribution in [3.05, 3.63) is 140 Å². The van der Waals surface area contributed by atoms with E-state index in [0.29, 0.717) is 0 Å². The molecule has 2 heterocycles. The maximum Gasteiger partial charge on any atom is 0.252 e. The van der Waals surface area contributed by atoms with Gasteiger partial charge < -0.3 is 9.80 Å². The van der Waals surface area contributed by atoms with Crippen LogP contribution in [0.4, 0.5) is 22.7 Å². The fraction of sp³-hybridized carbons (Fsp3) is 0.0500. The van der Waals surface area contributed by atoms with Crippen molar-refractivity contribution in [2.45, 2.75) is 0 Å². The molecule has 0 N–H and O–H groups in total. The molecule has 3 heteroatoms. The Morgan fingerprint density at radius 2 is 0.860 bits per heavy atom. The second kappa shape index (κ2) is 9.11. The lowest BCUT2D eigenvalue weighted by atomic mass is 9.33. The Bertz CT molecular complexity index is 2070. The summed E-state index contributed by atoms with van der Waals surface area (Å²) in [6.45, 7) is 0.0998. The van der Waals surface area contributed by atoms with Crippen molar-refractivity contribution in [3.8, 4) is 22.3 Å². The van der Waals surface area contributed by atoms with Gasteiger partial charge in [-0.3, -0.25) is 0 Å². The Morgan fingerprint density at radius 1 is 0.442 bits per heavy atom. The lowest BCUT2D eigenvalue weighted by Gasteiger charge is -2.44. The number of nitrogens with zero attached hydrogens (tertiary/aromatic N) is 2. The van der Waals surface area contributed by atoms with E-state index in [1.165, 1.54) is 82.9 Å². The van der Waals surface area contributed by atoms with Gasteiger partial charge in [0.1, 0.15) is 0 Å². The zero-order chi connectivity index (χ0) is 28.7. The van der Waals surface area contributed by atoms with Gasteiger partial charge in [-0.15, -0.1) is 0 Å². The van der Waals surface area contributed by atoms with Crippen molar-refractivity contribution in [2.24, 2.45) is 0 Å². The molecule has 0 spiro atoms. The normalized spacial score (nSPS) is 13.2. The van der Waals surface area contributed by atoms with Gasteiger partial charge in [-0.2, -0.15) is 0 Å². The van der Waals surface area contributed by atoms with Crippen molar-refractivity contribution in [2.75, 3.05) is 23.9 Å². The van der Waals surface area contributed by atoms with Gasteiger partial charge in [-0.1, -0.05) is 127 Å². The summed E-state index contributed by atoms with van der Waals surface area (Å²) in [5, 5.41) is 5.13. The van der Waals surface area contributed by atoms with Gasteiger partial charge in [0.2, 0.25) is 0 Å². The van der Waals surface area contributed by atoms with Crippen LogP contribution in [0.1, 0.15) is 0 Å². The van der Waals surface area contributed by atoms with Crippen molar-refractivity contribution < 1.29 is 0 Å². The molecule has 0 fully saturated rings. The van der Waals surface area contributed by atoms with Gasteiger partial charge in [-0.05, 0) is 61.2 Å². The fourth-order valence-electron chi connectivity index (χ4n) is 7.81. The zero-order valence-electron chi connectivity index (χ0n) is 24.3. The topological polar surface area (TPSA) is 6.48 Å². The number of rotatable bonds is 2. The molecule has 0 aliphatic carbocycles. The molecule has 7 aromatic carbocycles. The van der Waals surface area contributed by atoms with Gasteiger partial charge in [0.25, 0.3) is 6.71 Å². The van der Waals surface area contributed by atoms with E-state index in [1.807, 2.05) is 0 Å². The van der Waals surface area contributed by atoms with Gasteiger partial charge in [0.05, 0.1) is 0 Å². The number of fused-ring (bicyclic) bond motifs is 6. The van der Waals surface area contributed by atoms with Crippen molar-refractivity contribution in [1.29, 1.82) is 0 Å². The van der Waals surface area contributed by atoms with E-state index in [-0.39, 0.29) is 6.71 Å². The molecule has 0 radical (unpaired) electrons. The van der Waals surface area contributed by atoms with Crippen LogP contribution in [-0.4, -0.2) is 20.8 Å². The van der Waals surface area contributed by atoms with E-state index in [9.17, 15) is 0 Å². The second-order valence-electron chi connectivity index (χ2n) is 11.8. The van der Waals surface area contributed by atoms with Crippen LogP contribution in [0.2, 0.25) is 0 Å². The molecular weight excluding hydrogens is 519 g/mol. The van der Waals surface area contributed by atoms with E-state index < -0.39 is 0 Å². The molecule has 43 heavy (non-hydrogen) atoms. The Kier molecular flexibility index (Phi) is 5.16. The Morgan fingerprint density at radius 3 is 1.33 bits per heavy atom. The van der Waals surface area contributed by atoms with Crippen molar-refractivity contribution >= 4 is 67.4 Å². The quantitative estimate of drug-likeness (QED) is 0.202. The highest BCUT2D eigenvalue weighted by Crippen LogP contribution is 2.46. The first-order valence-electron chi connectivity index (χ1n) is 15.0. The van der Waals surface area contributed by atoms with Crippen molar-refractivity contribution in [3.63, 3.8) is 0 Å². The largest absolute Gasteiger partial charge is 0.345 e. The Hall–Kier alpha value is -5.28. The van der Waals surface area contributed by atoms with Crippen LogP contribution in [0.15, 0.2) is 140 Å². The SMILES string of the molecule is CN1c2cccc3c2B(c2cc4ccccc4c(-c4ccccc4)c21)c1cc2ccccc2c(-c2ccccc2)c1N3C. The molecule has 0 unspecified atom stereocenters. The Labute approximate surface area is 252 Å². The van der Waals surface area contributed by atoms with E-state index in [2.05, 4.69) is 163 Å². The molecule has 0 atom stereocenters. The van der Waals surface area contributed by atoms with Crippen LogP contribution in [0.25, 0.3) is 43.8 Å². The highest BCUT2D eigenvalue weighted by molar-refractivity contribution is 7.00. The predicted molar refractivity (Wildman–Crippen MR) is 186 cm³/mol. The lowest BCUT2D eigenvalue weighted by Crippen LogP contribution is -2.61. The lowest BCUT2D eigenvalue weighted by molar-refractivity contribution is 1.19. The fourth-order valence-corrected chi connectivity index (χ4v) is 7.81. The average molecular weight is 548 g/mol. The minimum Gasteiger partial charge on any atom is -0.345 e. The molecule has 9 rings (SSSR count). The summed E-state index contributed by atoms with van der Waals surface area (Å²) in [6, 6.07) is 51.4. The van der Waals surface area contributed by atoms with Gasteiger partial charge in [0.15, 0.2) is 0 Å². The van der Waals surface area contributed by atoms with E-state index in [1.54, 1.807) is 0 Å². The smallest absolute Gasteiger partial charge is 0.252 e. The summed E-state index contributed by atoms with van der Waals surface area (Å²) in [6.07, 6.45) is 0. The number of hydrogen-bond acceptors (Lipinski definition) is 2. The van der Waals surface area contributed by atoms with E-state index in [0.717, 1.165) is 0 Å². The molecule has 2 nitrogen and oxygen atoms in total. The molecule has 0 bridgehead atoms. The van der Waals surface area contributed by atoms with Crippen LogP contribution >= 0.6 is 0 Å². The third-order valence-corrected chi connectivity index (χ3v) is 9.59. The first-order chi connectivity index (χ1) is 21.2. The summed E-state index contributed by atoms with van der Waals surface area (Å²) in [5.74, 6) is 0. The van der Waals surface area contributed by atoms with Crippen molar-refractivity contribution in [1.82, 2.24) is 0 Å². The zero-order valence-corrected chi connectivity index (χ0v) is 24.3. The number of benzene rings is 7. The van der Waals surface area contributed by atoms with Crippen LogP contribution in [-0.2, 0) is 0 Å². The molecule has 7 aromatic rings. The standard InChI is InChI=1S/C40H29BN2/c1-42-34-22-13-23-35-38(34)41(32-24-28-18-9-11-20-30(28)36(39(32)42)26-14-5-3-6-15-26)33-25-29-19-10-12-21-31(29)37(40(33)43(35)2)27-16-7-4-8-17-27/h3-25H,1-2H3. The maximum atomic E-state index is 2.46. The van der Waals surface area contributed by atoms with Gasteiger partial charge in [-0.25, -0.2) is 0 Å². The summed E-state index contributed by atoms with van der Waals surface area (Å²) in [4.78, 5) is 4.88. The molecule has 202 valence electrons. The Balaban J connectivity index is 1.46. The molecule has 2 aliphatic heterocycles. The third kappa shape index (κ3) is 3.36. The molecule has 2 aliphatic rings. The molecule has 0 saturated heterocycles. The first kappa shape index (κ1) is 24.3. The minimum absolute atomic E-state index is 0.0998. The van der Waals surface area contributed by atoms with E-state index >= 15 is 0 Å². The number of hydrogen-bond donors (Lipinski definition) is 0. The van der Waals surface area contributed by atoms with Crippen LogP contribution in [0.3, 0.4) is 0 Å². The highest BCUT2D eigenvalue weighted by atomic mass is 15.2. The maximum absolute atomic E-state index is 2.46. The molecule has 0 aromatic heterocycles. The number of anilines is 4. The summed E-state index contributed by atoms with van der Waals surface area (Å²) in [5.41, 5.74) is 14.4. The first-order valence-corrected chi connectivity index (χ1v) is 15.0. The molecular formula is C40H29BN2. The monoisotopic (exact) mass is 548 g/mol. The van der Waals surface area contributed by atoms with E-state index in [4.69, 9.17) is 0 Å². The van der Waals surface area contributed by atoms with Crippen LogP contribution in [0.5, 0.6) is 0 Å². The van der Waals surface area contributed by atoms with Crippen LogP contribution < -0.4 is 26.2 Å². The highest BCUT2D eigenvalue weighted by Gasteiger charge is 2.43. The predicted octanol–water partition coefficient (Wildman–Crippen LogP) is 8.01. The molecule has 0 saturated carbocycles.